The van der Waals surface area contributed by atoms with Crippen molar-refractivity contribution in [2.24, 2.45) is 10.1 Å². The predicted molar refractivity (Wildman–Crippen MR) is 122 cm³/mol. The molecule has 0 bridgehead atoms. The third-order valence-electron chi connectivity index (χ3n) is 4.53. The fourth-order valence-corrected chi connectivity index (χ4v) is 4.61. The molecular formula is C21H18N4O4S2. The number of carbonyl (C=O) groups excluding carboxylic acids is 1. The SMILES string of the molecule is C[C@@H](Oc1ccc(/C=C2\C(=N)N3N=C(S(C)(=O)=O)SC3=NC2=O)cc1)c1ccccc1. The molecule has 0 fully saturated rings. The second-order valence-corrected chi connectivity index (χ2v) is 10.0. The van der Waals surface area contributed by atoms with Crippen molar-refractivity contribution in [3.05, 3.63) is 71.3 Å². The summed E-state index contributed by atoms with van der Waals surface area (Å²) in [5, 5.41) is 13.3. The second-order valence-electron chi connectivity index (χ2n) is 6.90. The summed E-state index contributed by atoms with van der Waals surface area (Å²) in [5.41, 5.74) is 1.75. The molecule has 158 valence electrons. The number of ether oxygens (including phenoxy) is 1. The zero-order valence-corrected chi connectivity index (χ0v) is 18.3. The van der Waals surface area contributed by atoms with Crippen LogP contribution in [0.15, 0.2) is 70.3 Å². The minimum atomic E-state index is -3.56. The van der Waals surface area contributed by atoms with Crippen molar-refractivity contribution in [2.75, 3.05) is 6.26 Å². The molecule has 1 amide bonds. The average Bonchev–Trinajstić information content (AvgIpc) is 3.18. The third kappa shape index (κ3) is 4.44. The summed E-state index contributed by atoms with van der Waals surface area (Å²) in [5.74, 6) is -0.173. The maximum atomic E-state index is 12.4. The van der Waals surface area contributed by atoms with Crippen molar-refractivity contribution < 1.29 is 17.9 Å². The standard InChI is InChI=1S/C21H18N4O4S2/c1-13(15-6-4-3-5-7-15)29-16-10-8-14(9-11-16)12-17-18(22)25-20(23-19(17)26)30-21(24-25)31(2,27)28/h3-13,22H,1-2H3/b17-12+,22-18?/t13-/m1/s1. The Morgan fingerprint density at radius 1 is 1.13 bits per heavy atom. The van der Waals surface area contributed by atoms with E-state index >= 15 is 0 Å². The van der Waals surface area contributed by atoms with Gasteiger partial charge in [-0.05, 0) is 48.0 Å². The van der Waals surface area contributed by atoms with Crippen LogP contribution in [0.25, 0.3) is 6.08 Å². The molecule has 0 radical (unpaired) electrons. The highest BCUT2D eigenvalue weighted by Gasteiger charge is 2.38. The summed E-state index contributed by atoms with van der Waals surface area (Å²) in [4.78, 5) is 16.3. The lowest BCUT2D eigenvalue weighted by Gasteiger charge is -2.20. The molecule has 31 heavy (non-hydrogen) atoms. The summed E-state index contributed by atoms with van der Waals surface area (Å²) in [6, 6.07) is 16.9. The first-order valence-corrected chi connectivity index (χ1v) is 11.9. The maximum Gasteiger partial charge on any atom is 0.283 e. The lowest BCUT2D eigenvalue weighted by molar-refractivity contribution is -0.114. The molecule has 8 nitrogen and oxygen atoms in total. The first-order valence-electron chi connectivity index (χ1n) is 9.24. The van der Waals surface area contributed by atoms with E-state index in [1.54, 1.807) is 24.3 Å². The summed E-state index contributed by atoms with van der Waals surface area (Å²) in [6.07, 6.45) is 2.41. The molecule has 2 heterocycles. The highest BCUT2D eigenvalue weighted by atomic mass is 32.3. The van der Waals surface area contributed by atoms with Gasteiger partial charge in [-0.2, -0.15) is 10.0 Å². The molecule has 0 aromatic heterocycles. The number of fused-ring (bicyclic) bond motifs is 1. The second kappa shape index (κ2) is 8.12. The van der Waals surface area contributed by atoms with Crippen LogP contribution in [0.1, 0.15) is 24.2 Å². The summed E-state index contributed by atoms with van der Waals surface area (Å²) < 4.78 is 29.2. The van der Waals surface area contributed by atoms with Crippen molar-refractivity contribution in [1.29, 1.82) is 5.41 Å². The van der Waals surface area contributed by atoms with Crippen LogP contribution in [0, 0.1) is 5.41 Å². The smallest absolute Gasteiger partial charge is 0.283 e. The quantitative estimate of drug-likeness (QED) is 0.708. The number of hydrogen-bond acceptors (Lipinski definition) is 7. The number of rotatable bonds is 4. The number of amidine groups is 2. The van der Waals surface area contributed by atoms with Gasteiger partial charge in [-0.1, -0.05) is 42.5 Å². The van der Waals surface area contributed by atoms with Gasteiger partial charge >= 0.3 is 0 Å². The Morgan fingerprint density at radius 2 is 1.81 bits per heavy atom. The molecule has 2 aliphatic rings. The number of benzene rings is 2. The molecule has 10 heteroatoms. The van der Waals surface area contributed by atoms with Gasteiger partial charge in [0.1, 0.15) is 11.9 Å². The van der Waals surface area contributed by atoms with Crippen molar-refractivity contribution in [3.63, 3.8) is 0 Å². The van der Waals surface area contributed by atoms with Crippen LogP contribution in [0.5, 0.6) is 5.75 Å². The van der Waals surface area contributed by atoms with Crippen molar-refractivity contribution in [1.82, 2.24) is 5.01 Å². The van der Waals surface area contributed by atoms with E-state index in [2.05, 4.69) is 10.1 Å². The molecular weight excluding hydrogens is 436 g/mol. The Bertz CT molecular complexity index is 1250. The number of nitrogens with zero attached hydrogens (tertiary/aromatic N) is 3. The largest absolute Gasteiger partial charge is 0.486 e. The number of aliphatic imine (C=N–C) groups is 1. The van der Waals surface area contributed by atoms with Gasteiger partial charge in [0.2, 0.25) is 19.4 Å². The number of nitrogens with one attached hydrogen (secondary N) is 1. The third-order valence-corrected chi connectivity index (χ3v) is 7.10. The molecule has 4 rings (SSSR count). The zero-order valence-electron chi connectivity index (χ0n) is 16.6. The molecule has 0 aliphatic carbocycles. The van der Waals surface area contributed by atoms with E-state index in [1.165, 1.54) is 6.08 Å². The van der Waals surface area contributed by atoms with Crippen molar-refractivity contribution in [2.45, 2.75) is 13.0 Å². The minimum Gasteiger partial charge on any atom is -0.486 e. The van der Waals surface area contributed by atoms with E-state index in [0.717, 1.165) is 28.6 Å². The molecule has 1 N–H and O–H groups in total. The van der Waals surface area contributed by atoms with Crippen LogP contribution < -0.4 is 4.74 Å². The van der Waals surface area contributed by atoms with Gasteiger partial charge < -0.3 is 4.74 Å². The fraction of sp³-hybridized carbons (Fsp3) is 0.143. The van der Waals surface area contributed by atoms with E-state index < -0.39 is 15.7 Å². The van der Waals surface area contributed by atoms with Crippen LogP contribution in [0.2, 0.25) is 0 Å². The van der Waals surface area contributed by atoms with Gasteiger partial charge in [-0.25, -0.2) is 8.42 Å². The zero-order chi connectivity index (χ0) is 22.2. The molecule has 0 spiro atoms. The van der Waals surface area contributed by atoms with E-state index in [1.807, 2.05) is 37.3 Å². The number of carbonyl (C=O) groups is 1. The molecule has 1 atom stereocenters. The predicted octanol–water partition coefficient (Wildman–Crippen LogP) is 3.45. The minimum absolute atomic E-state index is 0.0224. The van der Waals surface area contributed by atoms with Gasteiger partial charge in [0.05, 0.1) is 5.57 Å². The fourth-order valence-electron chi connectivity index (χ4n) is 2.93. The molecule has 2 aromatic carbocycles. The van der Waals surface area contributed by atoms with Crippen LogP contribution in [0.4, 0.5) is 0 Å². The summed E-state index contributed by atoms with van der Waals surface area (Å²) >= 11 is 0.756. The molecule has 0 unspecified atom stereocenters. The lowest BCUT2D eigenvalue weighted by Crippen LogP contribution is -2.35. The van der Waals surface area contributed by atoms with Crippen LogP contribution >= 0.6 is 11.8 Å². The van der Waals surface area contributed by atoms with Gasteiger partial charge in [0, 0.05) is 6.26 Å². The monoisotopic (exact) mass is 454 g/mol. The first kappa shape index (κ1) is 21.0. The van der Waals surface area contributed by atoms with E-state index in [0.29, 0.717) is 11.3 Å². The number of amides is 1. The highest BCUT2D eigenvalue weighted by molar-refractivity contribution is 8.42. The first-order chi connectivity index (χ1) is 14.7. The Labute approximate surface area is 183 Å². The highest BCUT2D eigenvalue weighted by Crippen LogP contribution is 2.30. The number of hydrazone groups is 1. The van der Waals surface area contributed by atoms with Gasteiger partial charge in [0.25, 0.3) is 5.91 Å². The van der Waals surface area contributed by atoms with Gasteiger partial charge in [-0.15, -0.1) is 5.10 Å². The van der Waals surface area contributed by atoms with Gasteiger partial charge in [0.15, 0.2) is 5.84 Å². The molecule has 0 saturated carbocycles. The lowest BCUT2D eigenvalue weighted by atomic mass is 10.1. The maximum absolute atomic E-state index is 12.4. The molecule has 2 aliphatic heterocycles. The number of hydrogen-bond donors (Lipinski definition) is 1. The number of thioether (sulfide) groups is 1. The van der Waals surface area contributed by atoms with Gasteiger partial charge in [-0.3, -0.25) is 10.2 Å². The van der Waals surface area contributed by atoms with Crippen LogP contribution in [-0.2, 0) is 14.6 Å². The Hall–Kier alpha value is -3.24. The van der Waals surface area contributed by atoms with E-state index in [-0.39, 0.29) is 27.1 Å². The molecule has 2 aromatic rings. The van der Waals surface area contributed by atoms with Crippen LogP contribution in [-0.4, -0.2) is 41.0 Å². The number of sulfone groups is 1. The van der Waals surface area contributed by atoms with E-state index in [4.69, 9.17) is 10.1 Å². The van der Waals surface area contributed by atoms with Crippen LogP contribution in [0.3, 0.4) is 0 Å². The average molecular weight is 455 g/mol. The van der Waals surface area contributed by atoms with Crippen molar-refractivity contribution in [3.8, 4) is 5.75 Å². The Morgan fingerprint density at radius 3 is 2.45 bits per heavy atom. The summed E-state index contributed by atoms with van der Waals surface area (Å²) in [7, 11) is -3.56. The Balaban J connectivity index is 1.53. The normalized spacial score (nSPS) is 18.5. The summed E-state index contributed by atoms with van der Waals surface area (Å²) in [6.45, 7) is 1.96. The van der Waals surface area contributed by atoms with E-state index in [9.17, 15) is 13.2 Å². The van der Waals surface area contributed by atoms with Crippen molar-refractivity contribution >= 4 is 49.0 Å². The topological polar surface area (TPSA) is 112 Å². The Kier molecular flexibility index (Phi) is 5.50. The molecule has 0 saturated heterocycles.